The van der Waals surface area contributed by atoms with Crippen molar-refractivity contribution in [2.75, 3.05) is 32.9 Å². The van der Waals surface area contributed by atoms with Crippen molar-refractivity contribution in [1.29, 1.82) is 0 Å². The Labute approximate surface area is 181 Å². The third-order valence-corrected chi connectivity index (χ3v) is 5.78. The summed E-state index contributed by atoms with van der Waals surface area (Å²) in [7, 11) is 0. The number of rotatable bonds is 8. The van der Waals surface area contributed by atoms with Crippen molar-refractivity contribution in [2.45, 2.75) is 32.0 Å². The van der Waals surface area contributed by atoms with E-state index in [0.717, 1.165) is 51.3 Å². The summed E-state index contributed by atoms with van der Waals surface area (Å²) < 4.78 is 24.6. The van der Waals surface area contributed by atoms with Gasteiger partial charge in [-0.2, -0.15) is 0 Å². The van der Waals surface area contributed by atoms with E-state index in [2.05, 4.69) is 0 Å². The minimum Gasteiger partial charge on any atom is -0.452 e. The summed E-state index contributed by atoms with van der Waals surface area (Å²) in [6, 6.07) is 13.8. The highest BCUT2D eigenvalue weighted by atomic mass is 19.1. The molecule has 1 saturated carbocycles. The number of quaternary nitrogens is 1. The van der Waals surface area contributed by atoms with Crippen LogP contribution in [0.2, 0.25) is 0 Å². The maximum atomic E-state index is 14.0. The van der Waals surface area contributed by atoms with Crippen molar-refractivity contribution >= 4 is 11.9 Å². The van der Waals surface area contributed by atoms with Gasteiger partial charge in [0.2, 0.25) is 0 Å². The molecule has 1 aliphatic heterocycles. The molecule has 0 atom stereocenters. The van der Waals surface area contributed by atoms with E-state index >= 15 is 0 Å². The summed E-state index contributed by atoms with van der Waals surface area (Å²) in [6.45, 7) is 4.26. The van der Waals surface area contributed by atoms with E-state index < -0.39 is 5.97 Å². The zero-order chi connectivity index (χ0) is 21.6. The number of ether oxygens (including phenoxy) is 2. The molecule has 0 unspecified atom stereocenters. The molecule has 2 aliphatic rings. The van der Waals surface area contributed by atoms with Crippen LogP contribution in [0.3, 0.4) is 0 Å². The number of benzene rings is 2. The van der Waals surface area contributed by atoms with Gasteiger partial charge in [-0.15, -0.1) is 0 Å². The zero-order valence-corrected chi connectivity index (χ0v) is 17.5. The lowest BCUT2D eigenvalue weighted by molar-refractivity contribution is -0.921. The molecule has 2 fully saturated rings. The largest absolute Gasteiger partial charge is 0.452 e. The monoisotopic (exact) mass is 427 g/mol. The number of nitrogens with zero attached hydrogens (tertiary/aromatic N) is 1. The minimum atomic E-state index is -0.528. The highest BCUT2D eigenvalue weighted by Gasteiger charge is 2.33. The first-order valence-corrected chi connectivity index (χ1v) is 10.8. The van der Waals surface area contributed by atoms with Gasteiger partial charge in [-0.3, -0.25) is 4.79 Å². The van der Waals surface area contributed by atoms with Crippen LogP contribution in [0.25, 0.3) is 0 Å². The molecule has 6 nitrogen and oxygen atoms in total. The van der Waals surface area contributed by atoms with Gasteiger partial charge in [0.05, 0.1) is 18.8 Å². The van der Waals surface area contributed by atoms with Gasteiger partial charge in [-0.1, -0.05) is 30.3 Å². The van der Waals surface area contributed by atoms with Gasteiger partial charge in [0.15, 0.2) is 6.61 Å². The molecule has 0 radical (unpaired) electrons. The molecule has 4 rings (SSSR count). The molecular weight excluding hydrogens is 399 g/mol. The second kappa shape index (κ2) is 10.0. The molecule has 0 spiro atoms. The molecule has 7 heteroatoms. The fraction of sp³-hybridized carbons (Fsp3) is 0.417. The molecule has 31 heavy (non-hydrogen) atoms. The van der Waals surface area contributed by atoms with Gasteiger partial charge in [-0.25, -0.2) is 9.18 Å². The fourth-order valence-electron chi connectivity index (χ4n) is 3.79. The first-order chi connectivity index (χ1) is 15.1. The van der Waals surface area contributed by atoms with E-state index in [0.29, 0.717) is 11.1 Å². The van der Waals surface area contributed by atoms with Crippen molar-refractivity contribution in [3.63, 3.8) is 0 Å². The number of carbonyl (C=O) groups excluding carboxylic acids is 2. The van der Waals surface area contributed by atoms with Gasteiger partial charge in [0.25, 0.3) is 5.91 Å². The summed E-state index contributed by atoms with van der Waals surface area (Å²) in [4.78, 5) is 28.1. The van der Waals surface area contributed by atoms with Gasteiger partial charge < -0.3 is 19.3 Å². The van der Waals surface area contributed by atoms with Crippen LogP contribution in [0.5, 0.6) is 0 Å². The van der Waals surface area contributed by atoms with Crippen LogP contribution in [0, 0.1) is 5.82 Å². The van der Waals surface area contributed by atoms with Crippen LogP contribution in [0.15, 0.2) is 48.5 Å². The van der Waals surface area contributed by atoms with Crippen LogP contribution < -0.4 is 4.90 Å². The maximum absolute atomic E-state index is 14.0. The Morgan fingerprint density at radius 1 is 1.06 bits per heavy atom. The number of halogens is 1. The first kappa shape index (κ1) is 21.5. The number of hydrogen-bond donors (Lipinski definition) is 1. The van der Waals surface area contributed by atoms with Crippen LogP contribution in [-0.4, -0.2) is 55.7 Å². The van der Waals surface area contributed by atoms with Gasteiger partial charge in [0.1, 0.15) is 25.5 Å². The number of carbonyl (C=O) groups is 2. The molecule has 1 saturated heterocycles. The van der Waals surface area contributed by atoms with E-state index in [-0.39, 0.29) is 30.9 Å². The first-order valence-electron chi connectivity index (χ1n) is 10.8. The zero-order valence-electron chi connectivity index (χ0n) is 17.5. The Kier molecular flexibility index (Phi) is 6.94. The Bertz CT molecular complexity index is 908. The Morgan fingerprint density at radius 2 is 1.77 bits per heavy atom. The van der Waals surface area contributed by atoms with Crippen molar-refractivity contribution in [3.8, 4) is 0 Å². The quantitative estimate of drug-likeness (QED) is 0.650. The highest BCUT2D eigenvalue weighted by molar-refractivity contribution is 5.91. The lowest BCUT2D eigenvalue weighted by Gasteiger charge is -2.23. The Balaban J connectivity index is 1.29. The summed E-state index contributed by atoms with van der Waals surface area (Å²) in [5, 5.41) is 0. The summed E-state index contributed by atoms with van der Waals surface area (Å²) >= 11 is 0. The van der Waals surface area contributed by atoms with E-state index in [4.69, 9.17) is 9.47 Å². The Morgan fingerprint density at radius 3 is 2.45 bits per heavy atom. The molecule has 1 aliphatic carbocycles. The number of esters is 1. The molecule has 0 bridgehead atoms. The van der Waals surface area contributed by atoms with Crippen molar-refractivity contribution < 1.29 is 28.4 Å². The van der Waals surface area contributed by atoms with Crippen LogP contribution in [0.1, 0.15) is 34.3 Å². The molecule has 0 aromatic heterocycles. The predicted octanol–water partition coefficient (Wildman–Crippen LogP) is 1.59. The molecule has 1 N–H and O–H groups in total. The van der Waals surface area contributed by atoms with E-state index in [1.807, 2.05) is 12.1 Å². The number of morpholine rings is 1. The average molecular weight is 427 g/mol. The predicted molar refractivity (Wildman–Crippen MR) is 112 cm³/mol. The molecule has 1 amide bonds. The SMILES string of the molecule is O=C(OCC(=O)N(Cc1ccccc1F)C1CC1)c1ccc(C[NH+]2CCOCC2)cc1. The lowest BCUT2D eigenvalue weighted by Crippen LogP contribution is -3.12. The second-order valence-corrected chi connectivity index (χ2v) is 8.16. The minimum absolute atomic E-state index is 0.0905. The fourth-order valence-corrected chi connectivity index (χ4v) is 3.79. The van der Waals surface area contributed by atoms with Crippen molar-refractivity contribution in [2.24, 2.45) is 0 Å². The average Bonchev–Trinajstić information content (AvgIpc) is 3.63. The van der Waals surface area contributed by atoms with Gasteiger partial charge in [-0.05, 0) is 31.0 Å². The molecular formula is C24H28FN2O4+. The van der Waals surface area contributed by atoms with Crippen LogP contribution in [-0.2, 0) is 27.4 Å². The number of hydrogen-bond acceptors (Lipinski definition) is 4. The molecule has 164 valence electrons. The van der Waals surface area contributed by atoms with Gasteiger partial charge >= 0.3 is 5.97 Å². The summed E-state index contributed by atoms with van der Waals surface area (Å²) in [5.74, 6) is -1.16. The molecule has 2 aromatic carbocycles. The summed E-state index contributed by atoms with van der Waals surface area (Å²) in [5.41, 5.74) is 2.03. The Hall–Kier alpha value is -2.77. The number of amides is 1. The van der Waals surface area contributed by atoms with Crippen molar-refractivity contribution in [3.05, 3.63) is 71.0 Å². The highest BCUT2D eigenvalue weighted by Crippen LogP contribution is 2.29. The number of nitrogens with one attached hydrogen (secondary N) is 1. The lowest BCUT2D eigenvalue weighted by atomic mass is 10.1. The summed E-state index contributed by atoms with van der Waals surface area (Å²) in [6.07, 6.45) is 1.78. The van der Waals surface area contributed by atoms with E-state index in [9.17, 15) is 14.0 Å². The van der Waals surface area contributed by atoms with E-state index in [1.54, 1.807) is 35.2 Å². The van der Waals surface area contributed by atoms with Crippen LogP contribution in [0.4, 0.5) is 4.39 Å². The topological polar surface area (TPSA) is 60.3 Å². The smallest absolute Gasteiger partial charge is 0.338 e. The van der Waals surface area contributed by atoms with Gasteiger partial charge in [0, 0.05) is 23.7 Å². The maximum Gasteiger partial charge on any atom is 0.338 e. The third kappa shape index (κ3) is 5.89. The van der Waals surface area contributed by atoms with E-state index in [1.165, 1.54) is 11.0 Å². The molecule has 2 aromatic rings. The van der Waals surface area contributed by atoms with Crippen molar-refractivity contribution in [1.82, 2.24) is 4.90 Å². The normalized spacial score (nSPS) is 16.7. The van der Waals surface area contributed by atoms with Crippen LogP contribution >= 0.6 is 0 Å². The standard InChI is InChI=1S/C24H27FN2O4/c25-22-4-2-1-3-20(22)16-27(21-9-10-21)23(28)17-31-24(29)19-7-5-18(6-8-19)15-26-11-13-30-14-12-26/h1-8,21H,9-17H2/p+1. The molecule has 1 heterocycles. The third-order valence-electron chi connectivity index (χ3n) is 5.78. The second-order valence-electron chi connectivity index (χ2n) is 8.16.